The molecule has 84 valence electrons. The van der Waals surface area contributed by atoms with Crippen LogP contribution in [0.5, 0.6) is 0 Å². The molecule has 2 N–H and O–H groups in total. The first-order chi connectivity index (χ1) is 7.59. The zero-order valence-corrected chi connectivity index (χ0v) is 9.54. The van der Waals surface area contributed by atoms with Gasteiger partial charge in [-0.25, -0.2) is 8.78 Å². The normalized spacial score (nSPS) is 11.0. The fraction of sp³-hybridized carbons (Fsp3) is 0.100. The molecule has 3 nitrogen and oxygen atoms in total. The van der Waals surface area contributed by atoms with Crippen LogP contribution in [0.2, 0.25) is 0 Å². The lowest BCUT2D eigenvalue weighted by molar-refractivity contribution is 0.152. The summed E-state index contributed by atoms with van der Waals surface area (Å²) < 4.78 is 30.9. The molecule has 6 heteroatoms. The number of nitrogens with two attached hydrogens (primary N) is 1. The fourth-order valence-electron chi connectivity index (χ4n) is 1.40. The third kappa shape index (κ3) is 1.92. The standard InChI is InChI=1S/C10H7BrF2N2O/c11-5-1-2-6(9(12)13)7(3-5)8-4-15-16-10(8)14/h1-4,9H,14H2. The molecule has 0 spiro atoms. The largest absolute Gasteiger partial charge is 0.367 e. The van der Waals surface area contributed by atoms with Crippen LogP contribution in [0, 0.1) is 0 Å². The predicted molar refractivity (Wildman–Crippen MR) is 59.0 cm³/mol. The number of hydrogen-bond donors (Lipinski definition) is 1. The second kappa shape index (κ2) is 4.21. The van der Waals surface area contributed by atoms with Crippen molar-refractivity contribution in [1.29, 1.82) is 0 Å². The molecule has 0 atom stereocenters. The van der Waals surface area contributed by atoms with Gasteiger partial charge in [-0.15, -0.1) is 0 Å². The summed E-state index contributed by atoms with van der Waals surface area (Å²) in [6, 6.07) is 4.45. The molecule has 1 aromatic carbocycles. The maximum atomic E-state index is 12.8. The Morgan fingerprint density at radius 3 is 2.62 bits per heavy atom. The fourth-order valence-corrected chi connectivity index (χ4v) is 1.76. The molecule has 16 heavy (non-hydrogen) atoms. The van der Waals surface area contributed by atoms with Crippen LogP contribution >= 0.6 is 15.9 Å². The van der Waals surface area contributed by atoms with Gasteiger partial charge in [0.15, 0.2) is 0 Å². The van der Waals surface area contributed by atoms with Crippen molar-refractivity contribution in [3.63, 3.8) is 0 Å². The average Bonchev–Trinajstić information content (AvgIpc) is 2.63. The summed E-state index contributed by atoms with van der Waals surface area (Å²) in [6.07, 6.45) is -1.25. The molecule has 0 aliphatic heterocycles. The van der Waals surface area contributed by atoms with Crippen molar-refractivity contribution in [2.45, 2.75) is 6.43 Å². The number of anilines is 1. The number of aromatic nitrogens is 1. The zero-order valence-electron chi connectivity index (χ0n) is 7.95. The first-order valence-electron chi connectivity index (χ1n) is 4.37. The summed E-state index contributed by atoms with van der Waals surface area (Å²) >= 11 is 3.22. The van der Waals surface area contributed by atoms with Crippen LogP contribution in [-0.2, 0) is 0 Å². The molecule has 0 aliphatic rings. The minimum Gasteiger partial charge on any atom is -0.367 e. The smallest absolute Gasteiger partial charge is 0.264 e. The van der Waals surface area contributed by atoms with E-state index in [1.807, 2.05) is 0 Å². The van der Waals surface area contributed by atoms with Crippen molar-refractivity contribution in [3.8, 4) is 11.1 Å². The Labute approximate surface area is 98.4 Å². The molecule has 1 aromatic heterocycles. The Bertz CT molecular complexity index is 513. The number of nitrogen functional groups attached to an aromatic ring is 1. The number of hydrogen-bond acceptors (Lipinski definition) is 3. The summed E-state index contributed by atoms with van der Waals surface area (Å²) in [4.78, 5) is 0. The van der Waals surface area contributed by atoms with Crippen LogP contribution in [0.15, 0.2) is 33.4 Å². The van der Waals surface area contributed by atoms with E-state index in [0.29, 0.717) is 15.6 Å². The number of alkyl halides is 2. The first-order valence-corrected chi connectivity index (χ1v) is 5.17. The van der Waals surface area contributed by atoms with Gasteiger partial charge in [0, 0.05) is 10.0 Å². The Morgan fingerprint density at radius 1 is 1.31 bits per heavy atom. The third-order valence-corrected chi connectivity index (χ3v) is 2.63. The first kappa shape index (κ1) is 11.1. The van der Waals surface area contributed by atoms with Crippen molar-refractivity contribution in [1.82, 2.24) is 5.16 Å². The molecule has 0 amide bonds. The highest BCUT2D eigenvalue weighted by Gasteiger charge is 2.18. The van der Waals surface area contributed by atoms with Crippen molar-refractivity contribution < 1.29 is 13.3 Å². The summed E-state index contributed by atoms with van der Waals surface area (Å²) in [5.41, 5.74) is 6.10. The lowest BCUT2D eigenvalue weighted by Gasteiger charge is -2.07. The summed E-state index contributed by atoms with van der Waals surface area (Å²) in [5.74, 6) is 0.0278. The Morgan fingerprint density at radius 2 is 2.06 bits per heavy atom. The van der Waals surface area contributed by atoms with E-state index >= 15 is 0 Å². The van der Waals surface area contributed by atoms with Crippen molar-refractivity contribution in [2.24, 2.45) is 0 Å². The van der Waals surface area contributed by atoms with E-state index in [-0.39, 0.29) is 11.4 Å². The molecule has 0 aliphatic carbocycles. The summed E-state index contributed by atoms with van der Waals surface area (Å²) in [7, 11) is 0. The zero-order chi connectivity index (χ0) is 11.7. The molecule has 0 bridgehead atoms. The van der Waals surface area contributed by atoms with Gasteiger partial charge < -0.3 is 10.3 Å². The van der Waals surface area contributed by atoms with E-state index < -0.39 is 6.43 Å². The molecule has 0 unspecified atom stereocenters. The van der Waals surface area contributed by atoms with Crippen LogP contribution in [0.1, 0.15) is 12.0 Å². The number of halogens is 3. The Balaban J connectivity index is 2.63. The topological polar surface area (TPSA) is 52.0 Å². The Hall–Kier alpha value is -1.43. The molecule has 2 aromatic rings. The molecule has 0 saturated heterocycles. The lowest BCUT2D eigenvalue weighted by Crippen LogP contribution is -1.92. The quantitative estimate of drug-likeness (QED) is 0.918. The highest BCUT2D eigenvalue weighted by atomic mass is 79.9. The van der Waals surface area contributed by atoms with Crippen molar-refractivity contribution in [3.05, 3.63) is 34.4 Å². The van der Waals surface area contributed by atoms with Crippen LogP contribution in [0.4, 0.5) is 14.7 Å². The number of rotatable bonds is 2. The molecule has 0 fully saturated rings. The lowest BCUT2D eigenvalue weighted by atomic mass is 10.0. The van der Waals surface area contributed by atoms with Gasteiger partial charge in [-0.1, -0.05) is 27.2 Å². The van der Waals surface area contributed by atoms with E-state index in [0.717, 1.165) is 0 Å². The SMILES string of the molecule is Nc1oncc1-c1cc(Br)ccc1C(F)F. The van der Waals surface area contributed by atoms with Crippen LogP contribution < -0.4 is 5.73 Å². The number of nitrogens with zero attached hydrogens (tertiary/aromatic N) is 1. The van der Waals surface area contributed by atoms with E-state index in [2.05, 4.69) is 25.6 Å². The van der Waals surface area contributed by atoms with Gasteiger partial charge >= 0.3 is 0 Å². The van der Waals surface area contributed by atoms with Gasteiger partial charge in [0.25, 0.3) is 6.43 Å². The van der Waals surface area contributed by atoms with Crippen LogP contribution in [-0.4, -0.2) is 5.16 Å². The Kier molecular flexibility index (Phi) is 2.91. The monoisotopic (exact) mass is 288 g/mol. The third-order valence-electron chi connectivity index (χ3n) is 2.14. The van der Waals surface area contributed by atoms with Gasteiger partial charge in [-0.2, -0.15) is 0 Å². The highest BCUT2D eigenvalue weighted by molar-refractivity contribution is 9.10. The van der Waals surface area contributed by atoms with Crippen LogP contribution in [0.3, 0.4) is 0 Å². The van der Waals surface area contributed by atoms with Gasteiger partial charge in [0.2, 0.25) is 5.88 Å². The summed E-state index contributed by atoms with van der Waals surface area (Å²) in [6.45, 7) is 0. The molecule has 0 radical (unpaired) electrons. The molecular formula is C10H7BrF2N2O. The highest BCUT2D eigenvalue weighted by Crippen LogP contribution is 2.35. The van der Waals surface area contributed by atoms with E-state index in [1.165, 1.54) is 12.3 Å². The molecule has 2 rings (SSSR count). The van der Waals surface area contributed by atoms with Gasteiger partial charge in [0.1, 0.15) is 0 Å². The maximum Gasteiger partial charge on any atom is 0.264 e. The van der Waals surface area contributed by atoms with Crippen molar-refractivity contribution >= 4 is 21.8 Å². The van der Waals surface area contributed by atoms with Gasteiger partial charge in [-0.05, 0) is 17.7 Å². The predicted octanol–water partition coefficient (Wildman–Crippen LogP) is 3.62. The van der Waals surface area contributed by atoms with E-state index in [4.69, 9.17) is 5.73 Å². The van der Waals surface area contributed by atoms with Crippen LogP contribution in [0.25, 0.3) is 11.1 Å². The maximum absolute atomic E-state index is 12.8. The van der Waals surface area contributed by atoms with E-state index in [9.17, 15) is 8.78 Å². The summed E-state index contributed by atoms with van der Waals surface area (Å²) in [5, 5.41) is 3.47. The molecule has 1 heterocycles. The number of benzene rings is 1. The minimum absolute atomic E-state index is 0.0278. The molecular weight excluding hydrogens is 282 g/mol. The average molecular weight is 289 g/mol. The second-order valence-electron chi connectivity index (χ2n) is 3.14. The minimum atomic E-state index is -2.57. The second-order valence-corrected chi connectivity index (χ2v) is 4.05. The van der Waals surface area contributed by atoms with Gasteiger partial charge in [-0.3, -0.25) is 0 Å². The molecule has 0 saturated carbocycles. The van der Waals surface area contributed by atoms with E-state index in [1.54, 1.807) is 12.1 Å². The van der Waals surface area contributed by atoms with Crippen molar-refractivity contribution in [2.75, 3.05) is 5.73 Å². The van der Waals surface area contributed by atoms with Gasteiger partial charge in [0.05, 0.1) is 11.8 Å².